The molecule has 0 bridgehead atoms. The van der Waals surface area contributed by atoms with Gasteiger partial charge >= 0.3 is 5.56 Å². The Balaban J connectivity index is 2.71. The summed E-state index contributed by atoms with van der Waals surface area (Å²) < 4.78 is 0.394. The van der Waals surface area contributed by atoms with Gasteiger partial charge in [0.05, 0.1) is 11.5 Å². The molecule has 3 aromatic rings. The minimum atomic E-state index is -0.608. The summed E-state index contributed by atoms with van der Waals surface area (Å²) in [6.45, 7) is 0. The van der Waals surface area contributed by atoms with Crippen LogP contribution in [-0.2, 0) is 0 Å². The number of fused-ring (bicyclic) bond motifs is 3. The van der Waals surface area contributed by atoms with E-state index in [1.165, 1.54) is 12.3 Å². The van der Waals surface area contributed by atoms with E-state index in [9.17, 15) is 10.0 Å². The lowest BCUT2D eigenvalue weighted by molar-refractivity contribution is -0.591. The lowest BCUT2D eigenvalue weighted by Gasteiger charge is -1.99. The number of aromatic nitrogens is 2. The molecule has 0 saturated heterocycles. The van der Waals surface area contributed by atoms with Crippen LogP contribution in [-0.4, -0.2) is 4.98 Å². The van der Waals surface area contributed by atoms with Gasteiger partial charge in [0.2, 0.25) is 0 Å². The molecule has 0 amide bonds. The molecular formula is C13H8N2O2. The van der Waals surface area contributed by atoms with E-state index in [2.05, 4.69) is 4.98 Å². The first-order valence-electron chi connectivity index (χ1n) is 5.18. The van der Waals surface area contributed by atoms with Crippen LogP contribution in [0.15, 0.2) is 53.5 Å². The van der Waals surface area contributed by atoms with E-state index >= 15 is 0 Å². The van der Waals surface area contributed by atoms with Gasteiger partial charge in [0.1, 0.15) is 5.52 Å². The Morgan fingerprint density at radius 3 is 2.76 bits per heavy atom. The van der Waals surface area contributed by atoms with Crippen LogP contribution >= 0.6 is 0 Å². The van der Waals surface area contributed by atoms with Gasteiger partial charge in [-0.3, -0.25) is 0 Å². The molecule has 0 N–H and O–H groups in total. The van der Waals surface area contributed by atoms with Crippen LogP contribution in [0.4, 0.5) is 0 Å². The number of nitrogens with zero attached hydrogens (tertiary/aromatic N) is 2. The average molecular weight is 224 g/mol. The number of hydrogen-bond acceptors (Lipinski definition) is 3. The fourth-order valence-corrected chi connectivity index (χ4v) is 1.92. The molecule has 0 saturated carbocycles. The van der Waals surface area contributed by atoms with Crippen molar-refractivity contribution in [3.8, 4) is 0 Å². The van der Waals surface area contributed by atoms with Crippen molar-refractivity contribution in [2.45, 2.75) is 0 Å². The summed E-state index contributed by atoms with van der Waals surface area (Å²) in [4.78, 5) is 15.6. The van der Waals surface area contributed by atoms with Gasteiger partial charge in [0.15, 0.2) is 0 Å². The zero-order valence-corrected chi connectivity index (χ0v) is 8.83. The molecule has 0 radical (unpaired) electrons. The van der Waals surface area contributed by atoms with Crippen molar-refractivity contribution >= 4 is 21.8 Å². The van der Waals surface area contributed by atoms with E-state index in [0.29, 0.717) is 15.8 Å². The molecule has 0 aliphatic carbocycles. The van der Waals surface area contributed by atoms with E-state index in [0.717, 1.165) is 10.8 Å². The second-order valence-corrected chi connectivity index (χ2v) is 3.73. The summed E-state index contributed by atoms with van der Waals surface area (Å²) in [6, 6.07) is 12.2. The lowest BCUT2D eigenvalue weighted by Crippen LogP contribution is -2.43. The van der Waals surface area contributed by atoms with Gasteiger partial charge in [0.25, 0.3) is 5.52 Å². The molecule has 1 heterocycles. The highest BCUT2D eigenvalue weighted by Gasteiger charge is 2.10. The Hall–Kier alpha value is -2.49. The third-order valence-electron chi connectivity index (χ3n) is 2.71. The van der Waals surface area contributed by atoms with Crippen LogP contribution in [0.2, 0.25) is 0 Å². The standard InChI is InChI=1S/C13H8N2O2/c16-12-7-8-14-11-6-5-9-3-1-2-4-10(9)13(11)15(12)17/h1-8H. The van der Waals surface area contributed by atoms with E-state index < -0.39 is 5.56 Å². The Bertz CT molecular complexity index is 784. The normalized spacial score (nSPS) is 10.8. The molecule has 4 heteroatoms. The molecule has 4 nitrogen and oxygen atoms in total. The summed E-state index contributed by atoms with van der Waals surface area (Å²) in [6.07, 6.45) is 1.36. The third kappa shape index (κ3) is 1.42. The van der Waals surface area contributed by atoms with E-state index in [1.54, 1.807) is 6.07 Å². The highest BCUT2D eigenvalue weighted by molar-refractivity contribution is 6.01. The van der Waals surface area contributed by atoms with Crippen LogP contribution in [0, 0.1) is 5.21 Å². The number of benzene rings is 2. The predicted octanol–water partition coefficient (Wildman–Crippen LogP) is 1.38. The zero-order valence-electron chi connectivity index (χ0n) is 8.83. The monoisotopic (exact) mass is 224 g/mol. The summed E-state index contributed by atoms with van der Waals surface area (Å²) in [5.74, 6) is 0. The van der Waals surface area contributed by atoms with Gasteiger partial charge in [-0.15, -0.1) is 4.73 Å². The van der Waals surface area contributed by atoms with Crippen molar-refractivity contribution in [2.75, 3.05) is 0 Å². The maximum absolute atomic E-state index is 11.9. The average Bonchev–Trinajstić information content (AvgIpc) is 2.50. The van der Waals surface area contributed by atoms with Gasteiger partial charge in [-0.2, -0.15) is 0 Å². The fraction of sp³-hybridized carbons (Fsp3) is 0. The topological polar surface area (TPSA) is 56.9 Å². The minimum absolute atomic E-state index is 0.318. The molecule has 0 fully saturated rings. The lowest BCUT2D eigenvalue weighted by atomic mass is 10.1. The van der Waals surface area contributed by atoms with Crippen LogP contribution in [0.1, 0.15) is 0 Å². The van der Waals surface area contributed by atoms with Crippen molar-refractivity contribution in [2.24, 2.45) is 0 Å². The summed E-state index contributed by atoms with van der Waals surface area (Å²) in [7, 11) is 0. The molecule has 2 aromatic carbocycles. The molecular weight excluding hydrogens is 216 g/mol. The fourth-order valence-electron chi connectivity index (χ4n) is 1.92. The molecule has 1 aromatic heterocycles. The Morgan fingerprint density at radius 1 is 1.06 bits per heavy atom. The van der Waals surface area contributed by atoms with Gasteiger partial charge < -0.3 is 5.21 Å². The first-order chi connectivity index (χ1) is 8.27. The third-order valence-corrected chi connectivity index (χ3v) is 2.71. The van der Waals surface area contributed by atoms with Crippen molar-refractivity contribution in [3.63, 3.8) is 0 Å². The predicted molar refractivity (Wildman–Crippen MR) is 64.5 cm³/mol. The Morgan fingerprint density at radius 2 is 1.88 bits per heavy atom. The van der Waals surface area contributed by atoms with E-state index in [1.807, 2.05) is 30.3 Å². The molecule has 0 aliphatic heterocycles. The second kappa shape index (κ2) is 3.52. The molecule has 17 heavy (non-hydrogen) atoms. The highest BCUT2D eigenvalue weighted by Crippen LogP contribution is 2.19. The largest absolute Gasteiger partial charge is 0.615 e. The Kier molecular flexibility index (Phi) is 2.01. The summed E-state index contributed by atoms with van der Waals surface area (Å²) in [5, 5.41) is 13.6. The van der Waals surface area contributed by atoms with Crippen molar-refractivity contribution < 1.29 is 4.73 Å². The number of rotatable bonds is 0. The SMILES string of the molecule is O=c1ccnc2ccc3ccccc3c2[n+]1[O-]. The van der Waals surface area contributed by atoms with Crippen LogP contribution < -0.4 is 10.3 Å². The second-order valence-electron chi connectivity index (χ2n) is 3.73. The highest BCUT2D eigenvalue weighted by atomic mass is 16.5. The molecule has 0 unspecified atom stereocenters. The van der Waals surface area contributed by atoms with Gasteiger partial charge in [-0.1, -0.05) is 24.3 Å². The van der Waals surface area contributed by atoms with Crippen LogP contribution in [0.5, 0.6) is 0 Å². The van der Waals surface area contributed by atoms with Crippen molar-refractivity contribution in [3.05, 3.63) is 64.2 Å². The van der Waals surface area contributed by atoms with E-state index in [-0.39, 0.29) is 0 Å². The molecule has 0 aliphatic rings. The maximum Gasteiger partial charge on any atom is 0.425 e. The van der Waals surface area contributed by atoms with Gasteiger partial charge in [-0.25, -0.2) is 9.78 Å². The van der Waals surface area contributed by atoms with Crippen molar-refractivity contribution in [1.29, 1.82) is 0 Å². The molecule has 0 atom stereocenters. The smallest absolute Gasteiger partial charge is 0.425 e. The van der Waals surface area contributed by atoms with Crippen LogP contribution in [0.25, 0.3) is 21.8 Å². The molecule has 82 valence electrons. The summed E-state index contributed by atoms with van der Waals surface area (Å²) >= 11 is 0. The minimum Gasteiger partial charge on any atom is -0.615 e. The maximum atomic E-state index is 11.9. The quantitative estimate of drug-likeness (QED) is 0.428. The zero-order chi connectivity index (χ0) is 11.8. The van der Waals surface area contributed by atoms with Crippen molar-refractivity contribution in [1.82, 2.24) is 4.98 Å². The van der Waals surface area contributed by atoms with E-state index in [4.69, 9.17) is 0 Å². The first kappa shape index (κ1) is 9.72. The first-order valence-corrected chi connectivity index (χ1v) is 5.18. The van der Waals surface area contributed by atoms with Gasteiger partial charge in [-0.05, 0) is 17.5 Å². The van der Waals surface area contributed by atoms with Gasteiger partial charge in [0, 0.05) is 6.20 Å². The number of hydrogen-bond donors (Lipinski definition) is 0. The molecule has 3 rings (SSSR count). The van der Waals surface area contributed by atoms with Crippen LogP contribution in [0.3, 0.4) is 0 Å². The molecule has 0 spiro atoms. The summed E-state index contributed by atoms with van der Waals surface area (Å²) in [5.41, 5.74) is 0.225. The Labute approximate surface area is 96.4 Å².